The Bertz CT molecular complexity index is 286. The van der Waals surface area contributed by atoms with Gasteiger partial charge >= 0.3 is 0 Å². The van der Waals surface area contributed by atoms with Gasteiger partial charge in [0.1, 0.15) is 0 Å². The molecule has 1 saturated heterocycles. The molecule has 1 aliphatic carbocycles. The second-order valence-electron chi connectivity index (χ2n) is 5.09. The molecule has 0 atom stereocenters. The fourth-order valence-corrected chi connectivity index (χ4v) is 2.46. The van der Waals surface area contributed by atoms with Gasteiger partial charge in [-0.05, 0) is 37.4 Å². The summed E-state index contributed by atoms with van der Waals surface area (Å²) in [5, 5.41) is 2.84. The van der Waals surface area contributed by atoms with Crippen LogP contribution in [-0.4, -0.2) is 24.1 Å². The normalized spacial score (nSPS) is 30.9. The van der Waals surface area contributed by atoms with Crippen LogP contribution in [0, 0.1) is 11.3 Å². The molecule has 3 N–H and O–H groups in total. The van der Waals surface area contributed by atoms with Crippen LogP contribution in [0.2, 0.25) is 0 Å². The van der Waals surface area contributed by atoms with E-state index >= 15 is 0 Å². The molecule has 0 aromatic rings. The van der Waals surface area contributed by atoms with E-state index < -0.39 is 0 Å². The number of amides is 2. The van der Waals surface area contributed by atoms with Crippen LogP contribution in [-0.2, 0) is 9.59 Å². The zero-order valence-electron chi connectivity index (χ0n) is 10.4. The number of hydrogen-bond acceptors (Lipinski definition) is 3. The molecule has 1 aliphatic heterocycles. The molecule has 0 bridgehead atoms. The van der Waals surface area contributed by atoms with Gasteiger partial charge in [0.05, 0.1) is 5.41 Å². The summed E-state index contributed by atoms with van der Waals surface area (Å²) in [6, 6.07) is 0. The molecule has 98 valence electrons. The second kappa shape index (κ2) is 6.28. The molecule has 2 aliphatic rings. The molecule has 1 saturated carbocycles. The van der Waals surface area contributed by atoms with Crippen molar-refractivity contribution in [3.63, 3.8) is 0 Å². The van der Waals surface area contributed by atoms with Gasteiger partial charge in [-0.15, -0.1) is 0 Å². The summed E-state index contributed by atoms with van der Waals surface area (Å²) in [6.45, 7) is 3.22. The molecule has 17 heavy (non-hydrogen) atoms. The van der Waals surface area contributed by atoms with Gasteiger partial charge < -0.3 is 11.1 Å². The number of primary amides is 1. The van der Waals surface area contributed by atoms with Crippen molar-refractivity contribution in [2.75, 3.05) is 12.3 Å². The van der Waals surface area contributed by atoms with E-state index in [-0.39, 0.29) is 11.3 Å². The Morgan fingerprint density at radius 2 is 2.12 bits per heavy atom. The van der Waals surface area contributed by atoms with Crippen molar-refractivity contribution in [3.8, 4) is 0 Å². The van der Waals surface area contributed by atoms with Crippen molar-refractivity contribution >= 4 is 24.4 Å². The molecule has 0 aromatic carbocycles. The number of thiol groups is 1. The van der Waals surface area contributed by atoms with E-state index in [1.165, 1.54) is 12.8 Å². The molecule has 2 fully saturated rings. The van der Waals surface area contributed by atoms with Crippen molar-refractivity contribution in [1.82, 2.24) is 5.32 Å². The van der Waals surface area contributed by atoms with E-state index in [1.807, 2.05) is 0 Å². The minimum Gasteiger partial charge on any atom is -0.370 e. The molecule has 4 nitrogen and oxygen atoms in total. The van der Waals surface area contributed by atoms with Gasteiger partial charge in [-0.1, -0.05) is 6.92 Å². The minimum atomic E-state index is -0.287. The van der Waals surface area contributed by atoms with Crippen molar-refractivity contribution in [1.29, 1.82) is 0 Å². The van der Waals surface area contributed by atoms with Gasteiger partial charge in [0, 0.05) is 13.0 Å². The lowest BCUT2D eigenvalue weighted by Crippen LogP contribution is -2.60. The van der Waals surface area contributed by atoms with E-state index in [1.54, 1.807) is 0 Å². The van der Waals surface area contributed by atoms with Crippen LogP contribution < -0.4 is 11.1 Å². The molecule has 0 radical (unpaired) electrons. The molecule has 5 heteroatoms. The molecule has 0 unspecified atom stereocenters. The number of nitrogens with one attached hydrogen (secondary N) is 1. The lowest BCUT2D eigenvalue weighted by atomic mass is 9.67. The zero-order chi connectivity index (χ0) is 12.9. The van der Waals surface area contributed by atoms with Gasteiger partial charge in [0.2, 0.25) is 11.8 Å². The molecule has 1 heterocycles. The highest BCUT2D eigenvalue weighted by Crippen LogP contribution is 2.42. The van der Waals surface area contributed by atoms with E-state index in [9.17, 15) is 9.59 Å². The highest BCUT2D eigenvalue weighted by atomic mass is 32.1. The average Bonchev–Trinajstić information content (AvgIpc) is 2.29. The maximum absolute atomic E-state index is 11.2. The second-order valence-corrected chi connectivity index (χ2v) is 5.53. The van der Waals surface area contributed by atoms with Crippen LogP contribution in [0.1, 0.15) is 39.0 Å². The lowest BCUT2D eigenvalue weighted by molar-refractivity contribution is -0.143. The first-order valence-corrected chi connectivity index (χ1v) is 6.81. The van der Waals surface area contributed by atoms with Crippen LogP contribution in [0.3, 0.4) is 0 Å². The van der Waals surface area contributed by atoms with E-state index in [4.69, 9.17) is 5.73 Å². The van der Waals surface area contributed by atoms with Gasteiger partial charge in [0.15, 0.2) is 0 Å². The summed E-state index contributed by atoms with van der Waals surface area (Å²) in [4.78, 5) is 21.0. The molecule has 2 amide bonds. The largest absolute Gasteiger partial charge is 0.370 e. The highest BCUT2D eigenvalue weighted by Gasteiger charge is 2.47. The summed E-state index contributed by atoms with van der Waals surface area (Å²) in [6.07, 6.45) is 5.12. The Morgan fingerprint density at radius 1 is 1.53 bits per heavy atom. The Kier molecular flexibility index (Phi) is 5.31. The zero-order valence-corrected chi connectivity index (χ0v) is 11.3. The van der Waals surface area contributed by atoms with Crippen molar-refractivity contribution in [2.45, 2.75) is 39.0 Å². The first-order valence-electron chi connectivity index (χ1n) is 6.17. The van der Waals surface area contributed by atoms with E-state index in [2.05, 4.69) is 24.9 Å². The van der Waals surface area contributed by atoms with Gasteiger partial charge in [-0.2, -0.15) is 12.6 Å². The summed E-state index contributed by atoms with van der Waals surface area (Å²) < 4.78 is 0. The Balaban J connectivity index is 0.000000209. The van der Waals surface area contributed by atoms with Crippen LogP contribution >= 0.6 is 12.6 Å². The van der Waals surface area contributed by atoms with Crippen LogP contribution in [0.15, 0.2) is 0 Å². The SMILES string of the molecule is CC1CCC2(CC1)CNC2=O.NC(=O)CCS. The monoisotopic (exact) mass is 258 g/mol. The number of carbonyl (C=O) groups excluding carboxylic acids is 2. The summed E-state index contributed by atoms with van der Waals surface area (Å²) >= 11 is 3.76. The number of hydrogen-bond donors (Lipinski definition) is 3. The third kappa shape index (κ3) is 3.91. The van der Waals surface area contributed by atoms with E-state index in [0.717, 1.165) is 25.3 Å². The fourth-order valence-electron chi connectivity index (χ4n) is 2.24. The summed E-state index contributed by atoms with van der Waals surface area (Å²) in [5.74, 6) is 1.42. The number of carbonyl (C=O) groups is 2. The van der Waals surface area contributed by atoms with Crippen molar-refractivity contribution in [3.05, 3.63) is 0 Å². The summed E-state index contributed by atoms with van der Waals surface area (Å²) in [5.41, 5.74) is 4.80. The average molecular weight is 258 g/mol. The van der Waals surface area contributed by atoms with Gasteiger partial charge in [0.25, 0.3) is 0 Å². The molecular formula is C12H22N2O2S. The van der Waals surface area contributed by atoms with Crippen molar-refractivity contribution in [2.24, 2.45) is 17.1 Å². The molecular weight excluding hydrogens is 236 g/mol. The fraction of sp³-hybridized carbons (Fsp3) is 0.833. The van der Waals surface area contributed by atoms with E-state index in [0.29, 0.717) is 18.1 Å². The standard InChI is InChI=1S/C9H15NO.C3H7NOS/c1-7-2-4-9(5-3-7)6-10-8(9)11;4-3(5)1-2-6/h7H,2-6H2,1H3,(H,10,11);6H,1-2H2,(H2,4,5). The minimum absolute atomic E-state index is 0.0898. The smallest absolute Gasteiger partial charge is 0.228 e. The predicted octanol–water partition coefficient (Wildman–Crippen LogP) is 1.10. The van der Waals surface area contributed by atoms with Crippen LogP contribution in [0.25, 0.3) is 0 Å². The molecule has 2 rings (SSSR count). The topological polar surface area (TPSA) is 72.2 Å². The Hall–Kier alpha value is -0.710. The van der Waals surface area contributed by atoms with Crippen LogP contribution in [0.4, 0.5) is 0 Å². The Labute approximate surface area is 108 Å². The van der Waals surface area contributed by atoms with Crippen LogP contribution in [0.5, 0.6) is 0 Å². The highest BCUT2D eigenvalue weighted by molar-refractivity contribution is 7.80. The summed E-state index contributed by atoms with van der Waals surface area (Å²) in [7, 11) is 0. The number of rotatable bonds is 2. The predicted molar refractivity (Wildman–Crippen MR) is 70.7 cm³/mol. The number of β-lactam (4-membered cyclic amide) rings is 1. The maximum atomic E-state index is 11.2. The third-order valence-corrected chi connectivity index (χ3v) is 3.88. The first-order chi connectivity index (χ1) is 8.00. The quantitative estimate of drug-likeness (QED) is 0.513. The van der Waals surface area contributed by atoms with Gasteiger partial charge in [-0.3, -0.25) is 9.59 Å². The van der Waals surface area contributed by atoms with Crippen molar-refractivity contribution < 1.29 is 9.59 Å². The maximum Gasteiger partial charge on any atom is 0.228 e. The lowest BCUT2D eigenvalue weighted by Gasteiger charge is -2.44. The van der Waals surface area contributed by atoms with Gasteiger partial charge in [-0.25, -0.2) is 0 Å². The Morgan fingerprint density at radius 3 is 2.35 bits per heavy atom. The molecule has 1 spiro atoms. The molecule has 0 aromatic heterocycles. The first kappa shape index (κ1) is 14.4. The number of nitrogens with two attached hydrogens (primary N) is 1. The third-order valence-electron chi connectivity index (χ3n) is 3.66.